The summed E-state index contributed by atoms with van der Waals surface area (Å²) in [4.78, 5) is 0. The van der Waals surface area contributed by atoms with Gasteiger partial charge in [-0.05, 0) is 76.7 Å². The predicted molar refractivity (Wildman–Crippen MR) is 105 cm³/mol. The van der Waals surface area contributed by atoms with Crippen molar-refractivity contribution in [2.45, 2.75) is 13.3 Å². The maximum absolute atomic E-state index is 9.85. The highest BCUT2D eigenvalue weighted by molar-refractivity contribution is 5.99. The number of hydrogen-bond acceptors (Lipinski definition) is 4. The molecule has 0 bridgehead atoms. The van der Waals surface area contributed by atoms with E-state index in [1.54, 1.807) is 60.7 Å². The number of nitrogens with zero attached hydrogens (tertiary/aromatic N) is 1. The Labute approximate surface area is 157 Å². The molecule has 0 aliphatic carbocycles. The van der Waals surface area contributed by atoms with E-state index in [2.05, 4.69) is 6.07 Å². The zero-order valence-electron chi connectivity index (χ0n) is 14.8. The lowest BCUT2D eigenvalue weighted by atomic mass is 9.87. The number of aryl methyl sites for hydroxylation is 1. The first kappa shape index (κ1) is 18.1. The van der Waals surface area contributed by atoms with Gasteiger partial charge in [0, 0.05) is 0 Å². The second kappa shape index (κ2) is 7.67. The summed E-state index contributed by atoms with van der Waals surface area (Å²) in [5.41, 5.74) is 4.88. The molecule has 134 valence electrons. The van der Waals surface area contributed by atoms with Crippen molar-refractivity contribution in [3.8, 4) is 23.3 Å². The van der Waals surface area contributed by atoms with Crippen molar-refractivity contribution in [1.29, 1.82) is 5.26 Å². The van der Waals surface area contributed by atoms with Gasteiger partial charge in [-0.3, -0.25) is 0 Å². The van der Waals surface area contributed by atoms with E-state index in [0.717, 1.165) is 33.4 Å². The molecule has 0 aliphatic heterocycles. The van der Waals surface area contributed by atoms with E-state index >= 15 is 0 Å². The summed E-state index contributed by atoms with van der Waals surface area (Å²) in [6.07, 6.45) is 0.168. The van der Waals surface area contributed by atoms with Crippen molar-refractivity contribution >= 4 is 11.1 Å². The molecule has 3 aromatic carbocycles. The molecule has 0 aromatic heterocycles. The van der Waals surface area contributed by atoms with Crippen molar-refractivity contribution < 1.29 is 15.3 Å². The highest BCUT2D eigenvalue weighted by Crippen LogP contribution is 2.36. The minimum Gasteiger partial charge on any atom is -0.508 e. The lowest BCUT2D eigenvalue weighted by molar-refractivity contribution is 0.471. The number of rotatable bonds is 4. The largest absolute Gasteiger partial charge is 0.508 e. The lowest BCUT2D eigenvalue weighted by Gasteiger charge is -2.16. The molecular weight excluding hydrogens is 338 g/mol. The zero-order valence-corrected chi connectivity index (χ0v) is 14.8. The zero-order chi connectivity index (χ0) is 19.4. The van der Waals surface area contributed by atoms with Crippen molar-refractivity contribution in [3.05, 3.63) is 89.0 Å². The number of nitriles is 1. The Morgan fingerprint density at radius 3 is 1.70 bits per heavy atom. The molecule has 0 atom stereocenters. The molecule has 3 N–H and O–H groups in total. The van der Waals surface area contributed by atoms with Crippen LogP contribution in [0.15, 0.2) is 66.7 Å². The van der Waals surface area contributed by atoms with Crippen LogP contribution in [0, 0.1) is 18.3 Å². The van der Waals surface area contributed by atoms with Crippen molar-refractivity contribution in [3.63, 3.8) is 0 Å². The smallest absolute Gasteiger partial charge is 0.118 e. The van der Waals surface area contributed by atoms with Crippen molar-refractivity contribution in [1.82, 2.24) is 0 Å². The number of phenols is 3. The average molecular weight is 357 g/mol. The van der Waals surface area contributed by atoms with Gasteiger partial charge in [0.1, 0.15) is 17.2 Å². The van der Waals surface area contributed by atoms with Crippen LogP contribution in [0.2, 0.25) is 0 Å². The standard InChI is InChI=1S/C23H19NO3/c1-15-14-18(6-11-22(15)27)21(12-13-24)23(16-2-7-19(25)8-3-16)17-4-9-20(26)10-5-17/h2-11,14,25-27H,12H2,1H3. The topological polar surface area (TPSA) is 84.5 Å². The average Bonchev–Trinajstić information content (AvgIpc) is 2.66. The molecule has 0 heterocycles. The summed E-state index contributed by atoms with van der Waals surface area (Å²) in [6, 6.07) is 21.1. The molecule has 0 aliphatic rings. The van der Waals surface area contributed by atoms with E-state index in [9.17, 15) is 20.6 Å². The van der Waals surface area contributed by atoms with Gasteiger partial charge < -0.3 is 15.3 Å². The summed E-state index contributed by atoms with van der Waals surface area (Å²) >= 11 is 0. The van der Waals surface area contributed by atoms with Gasteiger partial charge in [-0.15, -0.1) is 0 Å². The summed E-state index contributed by atoms with van der Waals surface area (Å²) in [5, 5.41) is 38.6. The summed E-state index contributed by atoms with van der Waals surface area (Å²) < 4.78 is 0. The first-order valence-electron chi connectivity index (χ1n) is 8.48. The Kier molecular flexibility index (Phi) is 5.14. The minimum atomic E-state index is 0.158. The SMILES string of the molecule is Cc1cc(C(CC#N)=C(c2ccc(O)cc2)c2ccc(O)cc2)ccc1O. The van der Waals surface area contributed by atoms with E-state index in [1.165, 1.54) is 0 Å². The molecule has 0 unspecified atom stereocenters. The number of aromatic hydroxyl groups is 3. The number of hydrogen-bond donors (Lipinski definition) is 3. The molecule has 3 aromatic rings. The highest BCUT2D eigenvalue weighted by Gasteiger charge is 2.15. The van der Waals surface area contributed by atoms with Crippen LogP contribution in [0.5, 0.6) is 17.2 Å². The third-order valence-electron chi connectivity index (χ3n) is 4.41. The van der Waals surface area contributed by atoms with Gasteiger partial charge in [0.15, 0.2) is 0 Å². The monoisotopic (exact) mass is 357 g/mol. The van der Waals surface area contributed by atoms with Crippen LogP contribution in [0.4, 0.5) is 0 Å². The fourth-order valence-corrected chi connectivity index (χ4v) is 3.03. The van der Waals surface area contributed by atoms with Gasteiger partial charge in [0.2, 0.25) is 0 Å². The first-order chi connectivity index (χ1) is 13.0. The maximum Gasteiger partial charge on any atom is 0.118 e. The molecule has 0 saturated carbocycles. The van der Waals surface area contributed by atoms with Crippen LogP contribution in [0.25, 0.3) is 11.1 Å². The molecule has 0 spiro atoms. The summed E-state index contributed by atoms with van der Waals surface area (Å²) in [6.45, 7) is 1.81. The minimum absolute atomic E-state index is 0.158. The first-order valence-corrected chi connectivity index (χ1v) is 8.48. The molecular formula is C23H19NO3. The lowest BCUT2D eigenvalue weighted by Crippen LogP contribution is -1.96. The Morgan fingerprint density at radius 2 is 1.26 bits per heavy atom. The Bertz CT molecular complexity index is 979. The highest BCUT2D eigenvalue weighted by atomic mass is 16.3. The second-order valence-electron chi connectivity index (χ2n) is 6.28. The predicted octanol–water partition coefficient (Wildman–Crippen LogP) is 4.98. The molecule has 0 fully saturated rings. The Balaban J connectivity index is 2.32. The van der Waals surface area contributed by atoms with E-state index in [1.807, 2.05) is 13.0 Å². The van der Waals surface area contributed by atoms with Crippen LogP contribution >= 0.6 is 0 Å². The van der Waals surface area contributed by atoms with Gasteiger partial charge in [0.05, 0.1) is 12.5 Å². The molecule has 0 radical (unpaired) electrons. The van der Waals surface area contributed by atoms with Crippen LogP contribution in [-0.2, 0) is 0 Å². The van der Waals surface area contributed by atoms with Gasteiger partial charge >= 0.3 is 0 Å². The van der Waals surface area contributed by atoms with Crippen LogP contribution in [0.1, 0.15) is 28.7 Å². The van der Waals surface area contributed by atoms with Gasteiger partial charge in [-0.1, -0.05) is 30.3 Å². The van der Waals surface area contributed by atoms with E-state index in [0.29, 0.717) is 0 Å². The van der Waals surface area contributed by atoms with E-state index in [4.69, 9.17) is 0 Å². The summed E-state index contributed by atoms with van der Waals surface area (Å²) in [7, 11) is 0. The van der Waals surface area contributed by atoms with Crippen molar-refractivity contribution in [2.24, 2.45) is 0 Å². The Hall–Kier alpha value is -3.71. The summed E-state index contributed by atoms with van der Waals surface area (Å²) in [5.74, 6) is 0.517. The molecule has 4 nitrogen and oxygen atoms in total. The fourth-order valence-electron chi connectivity index (χ4n) is 3.03. The molecule has 0 saturated heterocycles. The third-order valence-corrected chi connectivity index (χ3v) is 4.41. The number of phenolic OH excluding ortho intramolecular Hbond substituents is 3. The van der Waals surface area contributed by atoms with Gasteiger partial charge in [-0.2, -0.15) is 5.26 Å². The molecule has 27 heavy (non-hydrogen) atoms. The fraction of sp³-hybridized carbons (Fsp3) is 0.0870. The maximum atomic E-state index is 9.85. The third kappa shape index (κ3) is 3.94. The van der Waals surface area contributed by atoms with E-state index in [-0.39, 0.29) is 23.7 Å². The van der Waals surface area contributed by atoms with Crippen molar-refractivity contribution in [2.75, 3.05) is 0 Å². The number of benzene rings is 3. The second-order valence-corrected chi connectivity index (χ2v) is 6.28. The normalized spacial score (nSPS) is 10.2. The molecule has 0 amide bonds. The molecule has 3 rings (SSSR count). The number of allylic oxidation sites excluding steroid dienone is 1. The van der Waals surface area contributed by atoms with E-state index < -0.39 is 0 Å². The van der Waals surface area contributed by atoms with Gasteiger partial charge in [0.25, 0.3) is 0 Å². The van der Waals surface area contributed by atoms with Crippen LogP contribution in [-0.4, -0.2) is 15.3 Å². The Morgan fingerprint density at radius 1 is 0.778 bits per heavy atom. The van der Waals surface area contributed by atoms with Crippen LogP contribution in [0.3, 0.4) is 0 Å². The quantitative estimate of drug-likeness (QED) is 0.575. The van der Waals surface area contributed by atoms with Gasteiger partial charge in [-0.25, -0.2) is 0 Å². The molecule has 4 heteroatoms. The van der Waals surface area contributed by atoms with Crippen LogP contribution < -0.4 is 0 Å².